The van der Waals surface area contributed by atoms with Crippen LogP contribution in [0, 0.1) is 0 Å². The van der Waals surface area contributed by atoms with Crippen molar-refractivity contribution in [3.05, 3.63) is 70.2 Å². The second kappa shape index (κ2) is 8.85. The molecule has 0 radical (unpaired) electrons. The van der Waals surface area contributed by atoms with Crippen LogP contribution in [0.15, 0.2) is 59.1 Å². The third kappa shape index (κ3) is 5.08. The lowest BCUT2D eigenvalue weighted by molar-refractivity contribution is 0.118. The average molecular weight is 392 g/mol. The molecule has 2 aromatic rings. The number of amides is 1. The molecule has 2 unspecified atom stereocenters. The summed E-state index contributed by atoms with van der Waals surface area (Å²) in [5.41, 5.74) is 1.81. The quantitative estimate of drug-likeness (QED) is 0.697. The highest BCUT2D eigenvalue weighted by molar-refractivity contribution is 9.10. The molecular formula is C19H22BrNO3. The maximum Gasteiger partial charge on any atom is 0.407 e. The van der Waals surface area contributed by atoms with Crippen molar-refractivity contribution in [1.82, 2.24) is 4.90 Å². The predicted octanol–water partition coefficient (Wildman–Crippen LogP) is 5.00. The summed E-state index contributed by atoms with van der Waals surface area (Å²) < 4.78 is 0.964. The Morgan fingerprint density at radius 1 is 1.08 bits per heavy atom. The molecule has 24 heavy (non-hydrogen) atoms. The lowest BCUT2D eigenvalue weighted by atomic mass is 10.0. The van der Waals surface area contributed by atoms with Gasteiger partial charge in [-0.3, -0.25) is 0 Å². The van der Waals surface area contributed by atoms with Crippen molar-refractivity contribution in [2.45, 2.75) is 31.9 Å². The first-order chi connectivity index (χ1) is 11.5. The van der Waals surface area contributed by atoms with E-state index in [0.717, 1.165) is 15.6 Å². The fourth-order valence-electron chi connectivity index (χ4n) is 2.67. The number of aliphatic hydroxyl groups excluding tert-OH is 1. The molecule has 0 spiro atoms. The van der Waals surface area contributed by atoms with E-state index in [1.807, 2.05) is 61.5 Å². The monoisotopic (exact) mass is 391 g/mol. The van der Waals surface area contributed by atoms with Crippen LogP contribution in [0.5, 0.6) is 0 Å². The van der Waals surface area contributed by atoms with E-state index in [4.69, 9.17) is 0 Å². The molecule has 2 aromatic carbocycles. The summed E-state index contributed by atoms with van der Waals surface area (Å²) in [5, 5.41) is 19.7. The Labute approximate surface area is 150 Å². The molecule has 0 aliphatic heterocycles. The third-order valence-corrected chi connectivity index (χ3v) is 4.66. The molecule has 2 N–H and O–H groups in total. The average Bonchev–Trinajstić information content (AvgIpc) is 2.59. The summed E-state index contributed by atoms with van der Waals surface area (Å²) in [7, 11) is 0. The molecular weight excluding hydrogens is 370 g/mol. The van der Waals surface area contributed by atoms with Crippen LogP contribution in [-0.4, -0.2) is 27.8 Å². The molecule has 4 nitrogen and oxygen atoms in total. The van der Waals surface area contributed by atoms with Gasteiger partial charge in [-0.2, -0.15) is 0 Å². The molecule has 2 rings (SSSR count). The number of hydrogen-bond donors (Lipinski definition) is 2. The third-order valence-electron chi connectivity index (χ3n) is 4.13. The Kier molecular flexibility index (Phi) is 6.82. The largest absolute Gasteiger partial charge is 0.465 e. The first-order valence-electron chi connectivity index (χ1n) is 7.97. The van der Waals surface area contributed by atoms with Crippen LogP contribution >= 0.6 is 15.9 Å². The van der Waals surface area contributed by atoms with Crippen molar-refractivity contribution in [2.24, 2.45) is 0 Å². The maximum atomic E-state index is 11.6. The Morgan fingerprint density at radius 3 is 2.29 bits per heavy atom. The number of nitrogens with zero attached hydrogens (tertiary/aromatic N) is 1. The van der Waals surface area contributed by atoms with Crippen molar-refractivity contribution < 1.29 is 15.0 Å². The highest BCUT2D eigenvalue weighted by atomic mass is 79.9. The van der Waals surface area contributed by atoms with E-state index in [9.17, 15) is 15.0 Å². The predicted molar refractivity (Wildman–Crippen MR) is 97.9 cm³/mol. The molecule has 0 aliphatic carbocycles. The van der Waals surface area contributed by atoms with Crippen molar-refractivity contribution in [1.29, 1.82) is 0 Å². The first-order valence-corrected chi connectivity index (χ1v) is 8.76. The second-order valence-corrected chi connectivity index (χ2v) is 6.69. The summed E-state index contributed by atoms with van der Waals surface area (Å²) >= 11 is 3.38. The van der Waals surface area contributed by atoms with Crippen LogP contribution in [0.1, 0.15) is 43.0 Å². The molecule has 2 atom stereocenters. The Balaban J connectivity index is 1.94. The van der Waals surface area contributed by atoms with Gasteiger partial charge in [0.2, 0.25) is 0 Å². The van der Waals surface area contributed by atoms with Crippen LogP contribution < -0.4 is 0 Å². The molecule has 0 heterocycles. The van der Waals surface area contributed by atoms with E-state index in [2.05, 4.69) is 15.9 Å². The molecule has 1 amide bonds. The van der Waals surface area contributed by atoms with Crippen LogP contribution in [0.4, 0.5) is 4.79 Å². The van der Waals surface area contributed by atoms with Gasteiger partial charge in [-0.25, -0.2) is 4.79 Å². The van der Waals surface area contributed by atoms with Gasteiger partial charge in [0, 0.05) is 11.0 Å². The molecule has 0 fully saturated rings. The lowest BCUT2D eigenvalue weighted by Gasteiger charge is -2.27. The van der Waals surface area contributed by atoms with Crippen molar-refractivity contribution in [3.8, 4) is 0 Å². The van der Waals surface area contributed by atoms with Gasteiger partial charge in [0.25, 0.3) is 0 Å². The molecule has 0 saturated heterocycles. The smallest absolute Gasteiger partial charge is 0.407 e. The minimum atomic E-state index is -0.945. The number of benzene rings is 2. The zero-order valence-electron chi connectivity index (χ0n) is 13.6. The van der Waals surface area contributed by atoms with E-state index in [1.165, 1.54) is 4.90 Å². The van der Waals surface area contributed by atoms with Crippen molar-refractivity contribution >= 4 is 22.0 Å². The van der Waals surface area contributed by atoms with E-state index in [0.29, 0.717) is 19.4 Å². The van der Waals surface area contributed by atoms with Crippen LogP contribution in [-0.2, 0) is 0 Å². The van der Waals surface area contributed by atoms with Gasteiger partial charge in [-0.15, -0.1) is 0 Å². The van der Waals surface area contributed by atoms with Crippen LogP contribution in [0.2, 0.25) is 0 Å². The lowest BCUT2D eigenvalue weighted by Crippen LogP contribution is -2.33. The van der Waals surface area contributed by atoms with Gasteiger partial charge < -0.3 is 15.1 Å². The number of rotatable bonds is 7. The normalized spacial score (nSPS) is 13.3. The van der Waals surface area contributed by atoms with Gasteiger partial charge >= 0.3 is 6.09 Å². The fraction of sp³-hybridized carbons (Fsp3) is 0.316. The van der Waals surface area contributed by atoms with Crippen molar-refractivity contribution in [3.63, 3.8) is 0 Å². The Bertz CT molecular complexity index is 645. The minimum Gasteiger partial charge on any atom is -0.465 e. The summed E-state index contributed by atoms with van der Waals surface area (Å²) in [5.74, 6) is 0. The number of aliphatic hydroxyl groups is 1. The summed E-state index contributed by atoms with van der Waals surface area (Å²) in [4.78, 5) is 13.0. The number of carbonyl (C=O) groups is 1. The van der Waals surface area contributed by atoms with Gasteiger partial charge in [0.05, 0.1) is 12.1 Å². The molecule has 0 aliphatic rings. The van der Waals surface area contributed by atoms with Gasteiger partial charge in [0.1, 0.15) is 0 Å². The van der Waals surface area contributed by atoms with Crippen LogP contribution in [0.3, 0.4) is 0 Å². The fourth-order valence-corrected chi connectivity index (χ4v) is 2.94. The summed E-state index contributed by atoms with van der Waals surface area (Å²) in [6.45, 7) is 2.27. The highest BCUT2D eigenvalue weighted by Gasteiger charge is 2.21. The summed E-state index contributed by atoms with van der Waals surface area (Å²) in [6, 6.07) is 16.9. The van der Waals surface area contributed by atoms with Gasteiger partial charge in [0.15, 0.2) is 0 Å². The molecule has 0 aromatic heterocycles. The number of carboxylic acid groups (broad SMARTS) is 1. The van der Waals surface area contributed by atoms with E-state index < -0.39 is 12.2 Å². The molecule has 128 valence electrons. The Hall–Kier alpha value is -1.85. The first kappa shape index (κ1) is 18.5. The summed E-state index contributed by atoms with van der Waals surface area (Å²) in [6.07, 6.45) is -0.381. The number of halogens is 1. The molecule has 0 bridgehead atoms. The van der Waals surface area contributed by atoms with E-state index >= 15 is 0 Å². The highest BCUT2D eigenvalue weighted by Crippen LogP contribution is 2.24. The van der Waals surface area contributed by atoms with Gasteiger partial charge in [-0.05, 0) is 43.0 Å². The molecule has 5 heteroatoms. The maximum absolute atomic E-state index is 11.6. The minimum absolute atomic E-state index is 0.232. The molecule has 0 saturated carbocycles. The topological polar surface area (TPSA) is 60.8 Å². The zero-order valence-corrected chi connectivity index (χ0v) is 15.2. The second-order valence-electron chi connectivity index (χ2n) is 5.77. The Morgan fingerprint density at radius 2 is 1.71 bits per heavy atom. The zero-order chi connectivity index (χ0) is 17.5. The standard InChI is InChI=1S/C19H22BrNO3/c1-14(15-9-11-17(20)12-10-15)21(19(23)24)13-5-8-18(22)16-6-3-2-4-7-16/h2-4,6-7,9-12,14,18,22H,5,8,13H2,1H3,(H,23,24). The number of hydrogen-bond acceptors (Lipinski definition) is 2. The SMILES string of the molecule is CC(c1ccc(Br)cc1)N(CCCC(O)c1ccccc1)C(=O)O. The van der Waals surface area contributed by atoms with Gasteiger partial charge in [-0.1, -0.05) is 58.4 Å². The van der Waals surface area contributed by atoms with E-state index in [-0.39, 0.29) is 6.04 Å². The van der Waals surface area contributed by atoms with Crippen LogP contribution in [0.25, 0.3) is 0 Å². The van der Waals surface area contributed by atoms with Crippen molar-refractivity contribution in [2.75, 3.05) is 6.54 Å². The van der Waals surface area contributed by atoms with E-state index in [1.54, 1.807) is 0 Å².